The lowest BCUT2D eigenvalue weighted by Crippen LogP contribution is -2.57. The van der Waals surface area contributed by atoms with Gasteiger partial charge in [-0.25, -0.2) is 18.6 Å². The molecule has 0 aromatic carbocycles. The van der Waals surface area contributed by atoms with Crippen molar-refractivity contribution in [1.29, 1.82) is 0 Å². The van der Waals surface area contributed by atoms with Crippen LogP contribution in [0.1, 0.15) is 63.4 Å². The average Bonchev–Trinajstić information content (AvgIpc) is 3.57. The molecule has 252 valence electrons. The van der Waals surface area contributed by atoms with E-state index in [-0.39, 0.29) is 62.0 Å². The molecule has 1 N–H and O–H groups in total. The van der Waals surface area contributed by atoms with Crippen LogP contribution in [0.5, 0.6) is 6.01 Å². The van der Waals surface area contributed by atoms with E-state index >= 15 is 4.39 Å². The van der Waals surface area contributed by atoms with E-state index in [1.165, 1.54) is 0 Å². The second kappa shape index (κ2) is 11.8. The molecule has 4 aliphatic rings. The fourth-order valence-corrected chi connectivity index (χ4v) is 7.34. The Morgan fingerprint density at radius 1 is 1.09 bits per heavy atom. The molecule has 2 bridgehead atoms. The van der Waals surface area contributed by atoms with Crippen LogP contribution in [0.3, 0.4) is 0 Å². The lowest BCUT2D eigenvalue weighted by Gasteiger charge is -2.42. The van der Waals surface area contributed by atoms with Gasteiger partial charge in [0, 0.05) is 26.1 Å². The third-order valence-electron chi connectivity index (χ3n) is 8.99. The van der Waals surface area contributed by atoms with Crippen LogP contribution in [0.25, 0.3) is 10.9 Å². The molecular weight excluding hydrogens is 641 g/mol. The van der Waals surface area contributed by atoms with Gasteiger partial charge in [-0.15, -0.1) is 0 Å². The topological polar surface area (TPSA) is 113 Å². The van der Waals surface area contributed by atoms with Crippen LogP contribution in [0.4, 0.5) is 32.6 Å². The number of amides is 2. The molecule has 4 aliphatic heterocycles. The average molecular weight is 676 g/mol. The zero-order chi connectivity index (χ0) is 33.2. The fourth-order valence-electron chi connectivity index (χ4n) is 7.16. The molecule has 17 heteroatoms. The SMILES string of the molecule is CC(C)(C)OC(=O)N1C2CCC1CN(c1nc(OC[C@@]34CCCN3C[C@H](F)C4)nc3c(F)c(Cl)nc(C(=O)NCC(F)(F)F)c13)C2. The van der Waals surface area contributed by atoms with E-state index in [0.717, 1.165) is 6.42 Å². The Bertz CT molecular complexity index is 1530. The highest BCUT2D eigenvalue weighted by atomic mass is 35.5. The zero-order valence-corrected chi connectivity index (χ0v) is 26.4. The predicted molar refractivity (Wildman–Crippen MR) is 156 cm³/mol. The molecule has 4 atom stereocenters. The predicted octanol–water partition coefficient (Wildman–Crippen LogP) is 4.65. The smallest absolute Gasteiger partial charge is 0.410 e. The van der Waals surface area contributed by atoms with Gasteiger partial charge in [-0.05, 0) is 53.0 Å². The summed E-state index contributed by atoms with van der Waals surface area (Å²) in [5, 5.41) is 0.746. The number of anilines is 1. The molecule has 11 nitrogen and oxygen atoms in total. The van der Waals surface area contributed by atoms with E-state index in [2.05, 4.69) is 15.0 Å². The van der Waals surface area contributed by atoms with Gasteiger partial charge >= 0.3 is 18.3 Å². The number of fused-ring (bicyclic) bond motifs is 4. The normalized spacial score (nSPS) is 26.5. The van der Waals surface area contributed by atoms with Gasteiger partial charge in [-0.2, -0.15) is 23.1 Å². The van der Waals surface area contributed by atoms with Crippen molar-refractivity contribution in [2.45, 2.75) is 88.4 Å². The minimum Gasteiger partial charge on any atom is -0.461 e. The van der Waals surface area contributed by atoms with Gasteiger partial charge in [0.2, 0.25) is 0 Å². The number of carbonyl (C=O) groups excluding carboxylic acids is 2. The number of hydrogen-bond donors (Lipinski definition) is 1. The van der Waals surface area contributed by atoms with Crippen molar-refractivity contribution in [1.82, 2.24) is 30.1 Å². The Morgan fingerprint density at radius 2 is 1.78 bits per heavy atom. The van der Waals surface area contributed by atoms with Crippen LogP contribution in [0.15, 0.2) is 0 Å². The molecule has 2 aromatic rings. The van der Waals surface area contributed by atoms with Crippen molar-refractivity contribution in [3.8, 4) is 6.01 Å². The Morgan fingerprint density at radius 3 is 2.43 bits per heavy atom. The second-order valence-corrected chi connectivity index (χ2v) is 13.8. The summed E-state index contributed by atoms with van der Waals surface area (Å²) in [6, 6.07) is -0.932. The van der Waals surface area contributed by atoms with Crippen molar-refractivity contribution in [2.75, 3.05) is 44.2 Å². The molecule has 0 saturated carbocycles. The number of halogens is 6. The number of piperazine rings is 1. The minimum atomic E-state index is -4.72. The summed E-state index contributed by atoms with van der Waals surface area (Å²) in [7, 11) is 0. The molecule has 4 fully saturated rings. The molecule has 0 aliphatic carbocycles. The third-order valence-corrected chi connectivity index (χ3v) is 9.24. The van der Waals surface area contributed by atoms with Crippen LogP contribution in [0.2, 0.25) is 5.15 Å². The van der Waals surface area contributed by atoms with Crippen LogP contribution in [-0.2, 0) is 4.74 Å². The van der Waals surface area contributed by atoms with Crippen molar-refractivity contribution in [3.63, 3.8) is 0 Å². The monoisotopic (exact) mass is 675 g/mol. The van der Waals surface area contributed by atoms with Gasteiger partial charge in [0.05, 0.1) is 23.0 Å². The van der Waals surface area contributed by atoms with E-state index in [1.807, 2.05) is 4.90 Å². The van der Waals surface area contributed by atoms with Crippen molar-refractivity contribution >= 4 is 40.3 Å². The quantitative estimate of drug-likeness (QED) is 0.345. The first-order chi connectivity index (χ1) is 21.5. The van der Waals surface area contributed by atoms with Gasteiger partial charge in [-0.1, -0.05) is 11.6 Å². The molecule has 6 heterocycles. The van der Waals surface area contributed by atoms with E-state index in [9.17, 15) is 27.2 Å². The van der Waals surface area contributed by atoms with Crippen molar-refractivity contribution in [2.24, 2.45) is 0 Å². The standard InChI is InChI=1S/C29H35ClF5N7O4/c1-27(2,3)46-26(44)42-16-5-6-17(42)12-40(11-16)23-18-20(19(32)22(30)37-21(18)24(43)36-13-29(33,34)35)38-25(39-23)45-14-28-7-4-8-41(28)10-15(31)9-28/h15-17H,4-14H2,1-3H3,(H,36,43)/t15-,16?,17?,28+/m1/s1. The number of alkyl halides is 4. The second-order valence-electron chi connectivity index (χ2n) is 13.5. The molecular formula is C29H35ClF5N7O4. The lowest BCUT2D eigenvalue weighted by molar-refractivity contribution is -0.123. The lowest BCUT2D eigenvalue weighted by atomic mass is 9.95. The van der Waals surface area contributed by atoms with Crippen LogP contribution >= 0.6 is 11.6 Å². The van der Waals surface area contributed by atoms with Crippen molar-refractivity contribution < 1.29 is 41.0 Å². The largest absolute Gasteiger partial charge is 0.461 e. The van der Waals surface area contributed by atoms with Gasteiger partial charge in [0.25, 0.3) is 5.91 Å². The number of pyridine rings is 1. The molecule has 0 radical (unpaired) electrons. The number of carbonyl (C=O) groups is 2. The Hall–Kier alpha value is -3.27. The summed E-state index contributed by atoms with van der Waals surface area (Å²) in [4.78, 5) is 44.2. The first-order valence-corrected chi connectivity index (χ1v) is 15.6. The fraction of sp³-hybridized carbons (Fsp3) is 0.690. The molecule has 2 amide bonds. The Labute approximate surface area is 266 Å². The molecule has 0 spiro atoms. The summed E-state index contributed by atoms with van der Waals surface area (Å²) in [5.41, 5.74) is -2.35. The number of nitrogens with one attached hydrogen (secondary N) is 1. The number of rotatable bonds is 6. The summed E-state index contributed by atoms with van der Waals surface area (Å²) >= 11 is 6.04. The molecule has 6 rings (SSSR count). The first-order valence-electron chi connectivity index (χ1n) is 15.2. The Balaban J connectivity index is 1.39. The molecule has 2 unspecified atom stereocenters. The van der Waals surface area contributed by atoms with Gasteiger partial charge in [0.15, 0.2) is 11.0 Å². The number of aromatic nitrogens is 3. The minimum absolute atomic E-state index is 0.00321. The highest BCUT2D eigenvalue weighted by molar-refractivity contribution is 6.30. The maximum absolute atomic E-state index is 15.6. The molecule has 4 saturated heterocycles. The highest BCUT2D eigenvalue weighted by Gasteiger charge is 2.50. The van der Waals surface area contributed by atoms with E-state index in [1.54, 1.807) is 35.9 Å². The van der Waals surface area contributed by atoms with E-state index < -0.39 is 64.2 Å². The summed E-state index contributed by atoms with van der Waals surface area (Å²) < 4.78 is 80.7. The van der Waals surface area contributed by atoms with E-state index in [4.69, 9.17) is 21.1 Å². The van der Waals surface area contributed by atoms with Gasteiger partial charge in [0.1, 0.15) is 42.0 Å². The van der Waals surface area contributed by atoms with E-state index in [0.29, 0.717) is 25.8 Å². The summed E-state index contributed by atoms with van der Waals surface area (Å²) in [5.74, 6) is -2.37. The number of hydrogen-bond acceptors (Lipinski definition) is 9. The maximum Gasteiger partial charge on any atom is 0.410 e. The zero-order valence-electron chi connectivity index (χ0n) is 25.6. The molecule has 2 aromatic heterocycles. The van der Waals surface area contributed by atoms with Crippen molar-refractivity contribution in [3.05, 3.63) is 16.7 Å². The maximum atomic E-state index is 15.6. The van der Waals surface area contributed by atoms with Crippen LogP contribution in [0, 0.1) is 5.82 Å². The van der Waals surface area contributed by atoms with Gasteiger partial charge in [-0.3, -0.25) is 14.6 Å². The van der Waals surface area contributed by atoms with Crippen LogP contribution < -0.4 is 15.0 Å². The first kappa shape index (κ1) is 32.7. The highest BCUT2D eigenvalue weighted by Crippen LogP contribution is 2.42. The van der Waals surface area contributed by atoms with Gasteiger partial charge < -0.3 is 19.7 Å². The summed E-state index contributed by atoms with van der Waals surface area (Å²) in [6.07, 6.45) is -3.15. The van der Waals surface area contributed by atoms with Crippen LogP contribution in [-0.4, -0.2) is 112 Å². The number of nitrogens with zero attached hydrogens (tertiary/aromatic N) is 6. The number of ether oxygens (including phenoxy) is 2. The summed E-state index contributed by atoms with van der Waals surface area (Å²) in [6.45, 7) is 5.03. The Kier molecular flexibility index (Phi) is 8.35. The third kappa shape index (κ3) is 6.34. The molecule has 46 heavy (non-hydrogen) atoms.